The molecule has 106 valence electrons. The number of hydrogen-bond donors (Lipinski definition) is 2. The number of aliphatic hydroxyl groups excluding tert-OH is 2. The Morgan fingerprint density at radius 1 is 0.765 bits per heavy atom. The molecule has 0 rings (SSSR count). The smallest absolute Gasteiger partial charge is 0.0662 e. The van der Waals surface area contributed by atoms with Crippen molar-refractivity contribution in [3.63, 3.8) is 0 Å². The predicted molar refractivity (Wildman–Crippen MR) is 73.2 cm³/mol. The van der Waals surface area contributed by atoms with Crippen LogP contribution in [0.15, 0.2) is 0 Å². The van der Waals surface area contributed by atoms with E-state index in [1.807, 2.05) is 0 Å². The zero-order valence-corrected chi connectivity index (χ0v) is 12.1. The summed E-state index contributed by atoms with van der Waals surface area (Å²) >= 11 is 0. The quantitative estimate of drug-likeness (QED) is 0.659. The molecule has 0 aromatic heterocycles. The van der Waals surface area contributed by atoms with Gasteiger partial charge in [0.15, 0.2) is 0 Å². The van der Waals surface area contributed by atoms with Gasteiger partial charge in [0.05, 0.1) is 25.4 Å². The van der Waals surface area contributed by atoms with Crippen molar-refractivity contribution in [1.29, 1.82) is 0 Å². The molecule has 0 saturated carbocycles. The Hall–Kier alpha value is -0.120. The summed E-state index contributed by atoms with van der Waals surface area (Å²) in [6.45, 7) is 8.65. The third kappa shape index (κ3) is 13.8. The molecule has 2 N–H and O–H groups in total. The lowest BCUT2D eigenvalue weighted by molar-refractivity contribution is -0.0241. The van der Waals surface area contributed by atoms with Crippen molar-refractivity contribution < 1.29 is 14.9 Å². The molecule has 2 atom stereocenters. The fourth-order valence-corrected chi connectivity index (χ4v) is 1.65. The Morgan fingerprint density at radius 2 is 1.12 bits per heavy atom. The Balaban J connectivity index is 0. The minimum Gasteiger partial charge on any atom is -0.394 e. The van der Waals surface area contributed by atoms with Gasteiger partial charge in [-0.3, -0.25) is 0 Å². The highest BCUT2D eigenvalue weighted by molar-refractivity contribution is 4.60. The van der Waals surface area contributed by atoms with Crippen LogP contribution >= 0.6 is 0 Å². The molecule has 0 aliphatic heterocycles. The van der Waals surface area contributed by atoms with Crippen molar-refractivity contribution >= 4 is 0 Å². The van der Waals surface area contributed by atoms with E-state index in [1.54, 1.807) is 0 Å². The van der Waals surface area contributed by atoms with Crippen LogP contribution in [-0.2, 0) is 4.74 Å². The van der Waals surface area contributed by atoms with Crippen LogP contribution in [0.1, 0.15) is 66.2 Å². The van der Waals surface area contributed by atoms with Gasteiger partial charge in [0.2, 0.25) is 0 Å². The van der Waals surface area contributed by atoms with E-state index in [-0.39, 0.29) is 13.2 Å². The van der Waals surface area contributed by atoms with E-state index >= 15 is 0 Å². The molecule has 0 bridgehead atoms. The normalized spacial score (nSPS) is 13.8. The predicted octanol–water partition coefficient (Wildman–Crippen LogP) is 3.13. The van der Waals surface area contributed by atoms with E-state index in [0.29, 0.717) is 12.2 Å². The maximum Gasteiger partial charge on any atom is 0.0662 e. The van der Waals surface area contributed by atoms with E-state index in [1.165, 1.54) is 25.7 Å². The van der Waals surface area contributed by atoms with Crippen LogP contribution in [0.2, 0.25) is 0 Å². The monoisotopic (exact) mass is 248 g/mol. The van der Waals surface area contributed by atoms with Gasteiger partial charge in [0.1, 0.15) is 0 Å². The van der Waals surface area contributed by atoms with Gasteiger partial charge in [0.25, 0.3) is 0 Å². The van der Waals surface area contributed by atoms with E-state index < -0.39 is 0 Å². The SMILES string of the molecule is CCCC(CC)OC(CC)CCC.OCCO. The molecule has 0 aromatic rings. The average Bonchev–Trinajstić information content (AvgIpc) is 2.37. The lowest BCUT2D eigenvalue weighted by Crippen LogP contribution is -2.21. The molecule has 0 fully saturated rings. The summed E-state index contributed by atoms with van der Waals surface area (Å²) < 4.78 is 6.03. The van der Waals surface area contributed by atoms with Crippen LogP contribution in [0.5, 0.6) is 0 Å². The van der Waals surface area contributed by atoms with Crippen LogP contribution in [0.25, 0.3) is 0 Å². The largest absolute Gasteiger partial charge is 0.394 e. The Morgan fingerprint density at radius 3 is 1.29 bits per heavy atom. The summed E-state index contributed by atoms with van der Waals surface area (Å²) in [5, 5.41) is 15.2. The topological polar surface area (TPSA) is 49.7 Å². The number of ether oxygens (including phenoxy) is 1. The van der Waals surface area contributed by atoms with Crippen LogP contribution < -0.4 is 0 Å². The van der Waals surface area contributed by atoms with Crippen molar-refractivity contribution in [3.05, 3.63) is 0 Å². The Bertz CT molecular complexity index is 115. The molecule has 0 aromatic carbocycles. The van der Waals surface area contributed by atoms with Gasteiger partial charge >= 0.3 is 0 Å². The fraction of sp³-hybridized carbons (Fsp3) is 1.00. The molecule has 0 radical (unpaired) electrons. The lowest BCUT2D eigenvalue weighted by atomic mass is 10.1. The second-order valence-corrected chi connectivity index (χ2v) is 4.22. The molecule has 2 unspecified atom stereocenters. The van der Waals surface area contributed by atoms with Crippen molar-refractivity contribution in [2.24, 2.45) is 0 Å². The van der Waals surface area contributed by atoms with Gasteiger partial charge < -0.3 is 14.9 Å². The minimum absolute atomic E-state index is 0.125. The molecule has 0 spiro atoms. The fourth-order valence-electron chi connectivity index (χ4n) is 1.65. The van der Waals surface area contributed by atoms with Crippen molar-refractivity contribution in [3.8, 4) is 0 Å². The first-order valence-electron chi connectivity index (χ1n) is 7.07. The molecular weight excluding hydrogens is 216 g/mol. The highest BCUT2D eigenvalue weighted by atomic mass is 16.5. The summed E-state index contributed by atoms with van der Waals surface area (Å²) in [5.74, 6) is 0. The standard InChI is InChI=1S/C12H26O.C2H6O2/c1-5-9-11(7-3)13-12(8-4)10-6-2;3-1-2-4/h11-12H,5-10H2,1-4H3;3-4H,1-2H2. The highest BCUT2D eigenvalue weighted by Crippen LogP contribution is 2.14. The second kappa shape index (κ2) is 15.9. The first kappa shape index (κ1) is 19.2. The summed E-state index contributed by atoms with van der Waals surface area (Å²) in [5.41, 5.74) is 0. The van der Waals surface area contributed by atoms with E-state index in [2.05, 4.69) is 27.7 Å². The van der Waals surface area contributed by atoms with Crippen molar-refractivity contribution in [2.45, 2.75) is 78.4 Å². The molecular formula is C14H32O3. The third-order valence-electron chi connectivity index (χ3n) is 2.62. The highest BCUT2D eigenvalue weighted by Gasteiger charge is 2.11. The van der Waals surface area contributed by atoms with Crippen LogP contribution in [-0.4, -0.2) is 35.6 Å². The van der Waals surface area contributed by atoms with Gasteiger partial charge in [-0.05, 0) is 25.7 Å². The van der Waals surface area contributed by atoms with Gasteiger partial charge in [0, 0.05) is 0 Å². The van der Waals surface area contributed by atoms with Gasteiger partial charge in [-0.15, -0.1) is 0 Å². The second-order valence-electron chi connectivity index (χ2n) is 4.22. The third-order valence-corrected chi connectivity index (χ3v) is 2.62. The Labute approximate surface area is 107 Å². The molecule has 0 saturated heterocycles. The van der Waals surface area contributed by atoms with Gasteiger partial charge in [-0.25, -0.2) is 0 Å². The van der Waals surface area contributed by atoms with Crippen molar-refractivity contribution in [2.75, 3.05) is 13.2 Å². The molecule has 17 heavy (non-hydrogen) atoms. The molecule has 3 nitrogen and oxygen atoms in total. The first-order chi connectivity index (χ1) is 8.19. The first-order valence-corrected chi connectivity index (χ1v) is 7.07. The lowest BCUT2D eigenvalue weighted by Gasteiger charge is -2.22. The number of rotatable bonds is 9. The molecule has 0 heterocycles. The van der Waals surface area contributed by atoms with Crippen molar-refractivity contribution in [1.82, 2.24) is 0 Å². The summed E-state index contributed by atoms with van der Waals surface area (Å²) in [4.78, 5) is 0. The number of hydrogen-bond acceptors (Lipinski definition) is 3. The molecule has 3 heteroatoms. The zero-order valence-electron chi connectivity index (χ0n) is 12.1. The zero-order chi connectivity index (χ0) is 13.5. The van der Waals surface area contributed by atoms with Gasteiger partial charge in [-0.2, -0.15) is 0 Å². The van der Waals surface area contributed by atoms with Gasteiger partial charge in [-0.1, -0.05) is 40.5 Å². The molecule has 0 aliphatic carbocycles. The minimum atomic E-state index is -0.125. The molecule has 0 amide bonds. The van der Waals surface area contributed by atoms with Crippen LogP contribution in [0.4, 0.5) is 0 Å². The average molecular weight is 248 g/mol. The summed E-state index contributed by atoms with van der Waals surface area (Å²) in [6.07, 6.45) is 8.24. The van der Waals surface area contributed by atoms with E-state index in [4.69, 9.17) is 14.9 Å². The number of aliphatic hydroxyl groups is 2. The van der Waals surface area contributed by atoms with Crippen LogP contribution in [0, 0.1) is 0 Å². The summed E-state index contributed by atoms with van der Waals surface area (Å²) in [7, 11) is 0. The maximum absolute atomic E-state index is 7.62. The maximum atomic E-state index is 7.62. The van der Waals surface area contributed by atoms with E-state index in [0.717, 1.165) is 12.8 Å². The summed E-state index contributed by atoms with van der Waals surface area (Å²) in [6, 6.07) is 0. The van der Waals surface area contributed by atoms with Crippen LogP contribution in [0.3, 0.4) is 0 Å². The molecule has 0 aliphatic rings. The van der Waals surface area contributed by atoms with E-state index in [9.17, 15) is 0 Å². The Kier molecular flexibility index (Phi) is 18.0.